The van der Waals surface area contributed by atoms with Gasteiger partial charge in [-0.2, -0.15) is 0 Å². The fourth-order valence-corrected chi connectivity index (χ4v) is 2.75. The van der Waals surface area contributed by atoms with E-state index in [9.17, 15) is 9.59 Å². The van der Waals surface area contributed by atoms with Crippen LogP contribution in [0.1, 0.15) is 29.9 Å². The first kappa shape index (κ1) is 15.3. The highest BCUT2D eigenvalue weighted by Gasteiger charge is 2.36. The third-order valence-electron chi connectivity index (χ3n) is 3.94. The van der Waals surface area contributed by atoms with E-state index in [0.717, 1.165) is 11.3 Å². The summed E-state index contributed by atoms with van der Waals surface area (Å²) in [4.78, 5) is 30.1. The number of pyridine rings is 1. The monoisotopic (exact) mass is 313 g/mol. The van der Waals surface area contributed by atoms with Crippen LogP contribution in [0.4, 0.5) is 0 Å². The quantitative estimate of drug-likeness (QED) is 0.913. The van der Waals surface area contributed by atoms with Crippen molar-refractivity contribution in [3.63, 3.8) is 0 Å². The number of nitrogens with one attached hydrogen (secondary N) is 1. The lowest BCUT2D eigenvalue weighted by molar-refractivity contribution is -0.136. The van der Waals surface area contributed by atoms with E-state index in [0.29, 0.717) is 31.7 Å². The van der Waals surface area contributed by atoms with Crippen LogP contribution in [0.2, 0.25) is 0 Å². The number of hydrogen-bond donors (Lipinski definition) is 1. The van der Waals surface area contributed by atoms with Crippen LogP contribution >= 0.6 is 0 Å². The zero-order valence-electron chi connectivity index (χ0n) is 13.0. The molecule has 0 saturated carbocycles. The van der Waals surface area contributed by atoms with Crippen molar-refractivity contribution >= 4 is 11.8 Å². The average molecular weight is 313 g/mol. The molecule has 2 aromatic heterocycles. The molecule has 2 aromatic rings. The van der Waals surface area contributed by atoms with Gasteiger partial charge in [-0.1, -0.05) is 6.07 Å². The van der Waals surface area contributed by atoms with Gasteiger partial charge in [0.1, 0.15) is 17.6 Å². The fourth-order valence-electron chi connectivity index (χ4n) is 2.75. The summed E-state index contributed by atoms with van der Waals surface area (Å²) in [6, 6.07) is 6.98. The highest BCUT2D eigenvalue weighted by Crippen LogP contribution is 2.22. The maximum Gasteiger partial charge on any atom is 0.243 e. The first-order valence-corrected chi connectivity index (χ1v) is 7.65. The van der Waals surface area contributed by atoms with E-state index in [1.807, 2.05) is 31.2 Å². The topological polar surface area (TPSA) is 75.4 Å². The van der Waals surface area contributed by atoms with Gasteiger partial charge < -0.3 is 14.6 Å². The summed E-state index contributed by atoms with van der Waals surface area (Å²) in [5.41, 5.74) is 0.929. The molecule has 1 aliphatic heterocycles. The average Bonchev–Trinajstić information content (AvgIpc) is 3.13. The standard InChI is InChI=1S/C17H19N3O3/c1-12-4-5-14(23-12)11-20-15(6-7-16(20)21)17(22)19-10-13-3-2-8-18-9-13/h2-5,8-9,15H,6-7,10-11H2,1H3,(H,19,22). The van der Waals surface area contributed by atoms with Crippen molar-refractivity contribution < 1.29 is 14.0 Å². The smallest absolute Gasteiger partial charge is 0.243 e. The number of furan rings is 1. The molecule has 0 spiro atoms. The van der Waals surface area contributed by atoms with Gasteiger partial charge in [0.25, 0.3) is 0 Å². The lowest BCUT2D eigenvalue weighted by atomic mass is 10.2. The Kier molecular flexibility index (Phi) is 4.41. The van der Waals surface area contributed by atoms with Crippen LogP contribution in [-0.2, 0) is 22.7 Å². The van der Waals surface area contributed by atoms with E-state index in [1.165, 1.54) is 0 Å². The van der Waals surface area contributed by atoms with E-state index in [2.05, 4.69) is 10.3 Å². The van der Waals surface area contributed by atoms with E-state index < -0.39 is 6.04 Å². The predicted molar refractivity (Wildman–Crippen MR) is 83.1 cm³/mol. The maximum absolute atomic E-state index is 12.4. The molecule has 6 nitrogen and oxygen atoms in total. The molecule has 0 aliphatic carbocycles. The van der Waals surface area contributed by atoms with Crippen LogP contribution in [0.15, 0.2) is 41.1 Å². The van der Waals surface area contributed by atoms with Crippen molar-refractivity contribution in [1.82, 2.24) is 15.2 Å². The molecule has 1 N–H and O–H groups in total. The minimum atomic E-state index is -0.440. The Bertz CT molecular complexity index is 696. The summed E-state index contributed by atoms with van der Waals surface area (Å²) < 4.78 is 5.52. The Morgan fingerprint density at radius 3 is 3.00 bits per heavy atom. The molecular weight excluding hydrogens is 294 g/mol. The van der Waals surface area contributed by atoms with Crippen LogP contribution in [0.5, 0.6) is 0 Å². The van der Waals surface area contributed by atoms with Gasteiger partial charge in [-0.15, -0.1) is 0 Å². The second kappa shape index (κ2) is 6.64. The van der Waals surface area contributed by atoms with Gasteiger partial charge in [-0.25, -0.2) is 0 Å². The van der Waals surface area contributed by atoms with Crippen molar-refractivity contribution in [3.05, 3.63) is 53.7 Å². The molecular formula is C17H19N3O3. The zero-order chi connectivity index (χ0) is 16.2. The van der Waals surface area contributed by atoms with Crippen LogP contribution in [-0.4, -0.2) is 27.7 Å². The molecule has 6 heteroatoms. The number of carbonyl (C=O) groups is 2. The molecule has 120 valence electrons. The van der Waals surface area contributed by atoms with Gasteiger partial charge >= 0.3 is 0 Å². The molecule has 1 saturated heterocycles. The van der Waals surface area contributed by atoms with E-state index >= 15 is 0 Å². The summed E-state index contributed by atoms with van der Waals surface area (Å²) in [6.45, 7) is 2.59. The number of aryl methyl sites for hydroxylation is 1. The summed E-state index contributed by atoms with van der Waals surface area (Å²) >= 11 is 0. The summed E-state index contributed by atoms with van der Waals surface area (Å²) in [6.07, 6.45) is 4.33. The lowest BCUT2D eigenvalue weighted by Gasteiger charge is -2.23. The van der Waals surface area contributed by atoms with Gasteiger partial charge in [-0.05, 0) is 37.1 Å². The first-order chi connectivity index (χ1) is 11.1. The summed E-state index contributed by atoms with van der Waals surface area (Å²) in [5.74, 6) is 1.34. The Labute approximate surface area is 134 Å². The van der Waals surface area contributed by atoms with Crippen LogP contribution < -0.4 is 5.32 Å². The third-order valence-corrected chi connectivity index (χ3v) is 3.94. The van der Waals surface area contributed by atoms with Gasteiger partial charge in [0.15, 0.2) is 0 Å². The van der Waals surface area contributed by atoms with Crippen molar-refractivity contribution in [1.29, 1.82) is 0 Å². The molecule has 3 heterocycles. The largest absolute Gasteiger partial charge is 0.464 e. The first-order valence-electron chi connectivity index (χ1n) is 7.65. The minimum absolute atomic E-state index is 0.0134. The number of rotatable bonds is 5. The van der Waals surface area contributed by atoms with Crippen molar-refractivity contribution in [3.8, 4) is 0 Å². The van der Waals surface area contributed by atoms with Gasteiger partial charge in [0.2, 0.25) is 11.8 Å². The van der Waals surface area contributed by atoms with Crippen LogP contribution in [0, 0.1) is 6.92 Å². The number of hydrogen-bond acceptors (Lipinski definition) is 4. The molecule has 0 aromatic carbocycles. The van der Waals surface area contributed by atoms with Crippen molar-refractivity contribution in [2.75, 3.05) is 0 Å². The number of nitrogens with zero attached hydrogens (tertiary/aromatic N) is 2. The SMILES string of the molecule is Cc1ccc(CN2C(=O)CCC2C(=O)NCc2cccnc2)o1. The number of aromatic nitrogens is 1. The zero-order valence-corrected chi connectivity index (χ0v) is 13.0. The molecule has 3 rings (SSSR count). The van der Waals surface area contributed by atoms with Gasteiger partial charge in [0.05, 0.1) is 6.54 Å². The summed E-state index contributed by atoms with van der Waals surface area (Å²) in [5, 5.41) is 2.88. The molecule has 1 unspecified atom stereocenters. The molecule has 0 radical (unpaired) electrons. The predicted octanol–water partition coefficient (Wildman–Crippen LogP) is 1.79. The van der Waals surface area contributed by atoms with Crippen LogP contribution in [0.3, 0.4) is 0 Å². The molecule has 1 fully saturated rings. The van der Waals surface area contributed by atoms with E-state index in [-0.39, 0.29) is 11.8 Å². The van der Waals surface area contributed by atoms with Crippen molar-refractivity contribution in [2.24, 2.45) is 0 Å². The van der Waals surface area contributed by atoms with Crippen molar-refractivity contribution in [2.45, 2.75) is 38.9 Å². The van der Waals surface area contributed by atoms with Crippen LogP contribution in [0.25, 0.3) is 0 Å². The number of likely N-dealkylation sites (tertiary alicyclic amines) is 1. The highest BCUT2D eigenvalue weighted by molar-refractivity contribution is 5.90. The maximum atomic E-state index is 12.4. The second-order valence-corrected chi connectivity index (χ2v) is 5.67. The van der Waals surface area contributed by atoms with E-state index in [4.69, 9.17) is 4.42 Å². The Morgan fingerprint density at radius 2 is 2.30 bits per heavy atom. The number of amides is 2. The Morgan fingerprint density at radius 1 is 1.43 bits per heavy atom. The summed E-state index contributed by atoms with van der Waals surface area (Å²) in [7, 11) is 0. The second-order valence-electron chi connectivity index (χ2n) is 5.67. The molecule has 1 atom stereocenters. The Balaban J connectivity index is 1.62. The van der Waals surface area contributed by atoms with Gasteiger partial charge in [0, 0.05) is 25.4 Å². The fraction of sp³-hybridized carbons (Fsp3) is 0.353. The molecule has 0 bridgehead atoms. The van der Waals surface area contributed by atoms with Gasteiger partial charge in [-0.3, -0.25) is 14.6 Å². The Hall–Kier alpha value is -2.63. The molecule has 1 aliphatic rings. The number of carbonyl (C=O) groups excluding carboxylic acids is 2. The molecule has 2 amide bonds. The molecule has 23 heavy (non-hydrogen) atoms. The lowest BCUT2D eigenvalue weighted by Crippen LogP contribution is -2.44. The third kappa shape index (κ3) is 3.59. The highest BCUT2D eigenvalue weighted by atomic mass is 16.3. The minimum Gasteiger partial charge on any atom is -0.464 e. The van der Waals surface area contributed by atoms with E-state index in [1.54, 1.807) is 17.3 Å². The normalized spacial score (nSPS) is 17.5.